The average Bonchev–Trinajstić information content (AvgIpc) is 2.60. The molecule has 2 aromatic rings. The second kappa shape index (κ2) is 9.12. The Labute approximate surface area is 161 Å². The van der Waals surface area contributed by atoms with Crippen molar-refractivity contribution in [3.63, 3.8) is 0 Å². The zero-order chi connectivity index (χ0) is 18.4. The van der Waals surface area contributed by atoms with E-state index < -0.39 is 0 Å². The van der Waals surface area contributed by atoms with E-state index >= 15 is 0 Å². The van der Waals surface area contributed by atoms with Crippen molar-refractivity contribution < 1.29 is 9.64 Å². The van der Waals surface area contributed by atoms with Crippen LogP contribution in [0.1, 0.15) is 16.7 Å². The Morgan fingerprint density at radius 2 is 1.88 bits per heavy atom. The van der Waals surface area contributed by atoms with Crippen LogP contribution in [0.25, 0.3) is 0 Å². The summed E-state index contributed by atoms with van der Waals surface area (Å²) in [6, 6.07) is 17.0. The molecule has 4 nitrogen and oxygen atoms in total. The summed E-state index contributed by atoms with van der Waals surface area (Å²) in [6.45, 7) is 8.81. The highest BCUT2D eigenvalue weighted by Crippen LogP contribution is 2.13. The second-order valence-corrected chi connectivity index (χ2v) is 7.48. The van der Waals surface area contributed by atoms with Crippen LogP contribution < -0.4 is 15.5 Å². The molecule has 3 rings (SSSR count). The minimum absolute atomic E-state index is 0.182. The van der Waals surface area contributed by atoms with E-state index in [0.717, 1.165) is 38.5 Å². The Kier molecular flexibility index (Phi) is 6.61. The fraction of sp³-hybridized carbons (Fsp3) is 0.381. The summed E-state index contributed by atoms with van der Waals surface area (Å²) in [5.74, 6) is 0. The fourth-order valence-corrected chi connectivity index (χ4v) is 3.66. The first-order valence-corrected chi connectivity index (χ1v) is 9.61. The molecule has 1 heterocycles. The van der Waals surface area contributed by atoms with Crippen LogP contribution in [-0.2, 0) is 11.3 Å². The van der Waals surface area contributed by atoms with E-state index in [0.29, 0.717) is 5.11 Å². The maximum absolute atomic E-state index is 5.91. The molecule has 138 valence electrons. The van der Waals surface area contributed by atoms with E-state index in [1.807, 2.05) is 0 Å². The standard InChI is InChI=1S/C21H27N3OS/c1-16-10-17(2)12-19(11-16)23-21(26)22-13-20-15-24(8-9-25-20)14-18-6-4-3-5-7-18/h3-7,10-12,20H,8-9,13-15H2,1-2H3,(H2,22,23,26)/p+1/t20-/m1/s1. The summed E-state index contributed by atoms with van der Waals surface area (Å²) in [5.41, 5.74) is 4.86. The molecule has 2 atom stereocenters. The molecule has 5 heteroatoms. The van der Waals surface area contributed by atoms with Crippen LogP contribution in [0.5, 0.6) is 0 Å². The summed E-state index contributed by atoms with van der Waals surface area (Å²) >= 11 is 5.44. The molecule has 3 N–H and O–H groups in total. The summed E-state index contributed by atoms with van der Waals surface area (Å²) in [6.07, 6.45) is 0.182. The van der Waals surface area contributed by atoms with Gasteiger partial charge in [-0.1, -0.05) is 36.4 Å². The minimum Gasteiger partial charge on any atom is -0.365 e. The number of aryl methyl sites for hydroxylation is 2. The number of anilines is 1. The molecule has 1 unspecified atom stereocenters. The summed E-state index contributed by atoms with van der Waals surface area (Å²) in [4.78, 5) is 1.56. The fourth-order valence-electron chi connectivity index (χ4n) is 3.46. The molecule has 0 aromatic heterocycles. The van der Waals surface area contributed by atoms with Crippen LogP contribution in [-0.4, -0.2) is 37.5 Å². The Balaban J connectivity index is 1.45. The molecule has 2 aromatic carbocycles. The largest absolute Gasteiger partial charge is 0.365 e. The van der Waals surface area contributed by atoms with Crippen molar-refractivity contribution in [3.8, 4) is 0 Å². The van der Waals surface area contributed by atoms with Crippen LogP contribution in [0.3, 0.4) is 0 Å². The Bertz CT molecular complexity index is 715. The zero-order valence-electron chi connectivity index (χ0n) is 15.5. The highest BCUT2D eigenvalue weighted by molar-refractivity contribution is 7.80. The molecule has 0 amide bonds. The third-order valence-electron chi connectivity index (χ3n) is 4.59. The number of quaternary nitrogens is 1. The Morgan fingerprint density at radius 3 is 2.62 bits per heavy atom. The molecule has 0 aliphatic carbocycles. The van der Waals surface area contributed by atoms with Gasteiger partial charge in [0.15, 0.2) is 5.11 Å². The van der Waals surface area contributed by atoms with Gasteiger partial charge in [-0.3, -0.25) is 0 Å². The smallest absolute Gasteiger partial charge is 0.170 e. The minimum atomic E-state index is 0.182. The van der Waals surface area contributed by atoms with Crippen molar-refractivity contribution in [1.29, 1.82) is 0 Å². The first-order chi connectivity index (χ1) is 12.6. The van der Waals surface area contributed by atoms with Crippen LogP contribution in [0.4, 0.5) is 5.69 Å². The SMILES string of the molecule is Cc1cc(C)cc(NC(=S)NC[C@@H]2C[NH+](Cc3ccccc3)CCO2)c1. The van der Waals surface area contributed by atoms with Crippen molar-refractivity contribution in [2.24, 2.45) is 0 Å². The molecule has 1 fully saturated rings. The van der Waals surface area contributed by atoms with Crippen molar-refractivity contribution in [2.45, 2.75) is 26.5 Å². The van der Waals surface area contributed by atoms with Gasteiger partial charge in [-0.05, 0) is 49.3 Å². The first-order valence-electron chi connectivity index (χ1n) is 9.21. The highest BCUT2D eigenvalue weighted by Gasteiger charge is 2.23. The summed E-state index contributed by atoms with van der Waals surface area (Å²) < 4.78 is 5.91. The van der Waals surface area contributed by atoms with E-state index in [-0.39, 0.29) is 6.10 Å². The lowest BCUT2D eigenvalue weighted by Gasteiger charge is -2.30. The molecule has 0 bridgehead atoms. The van der Waals surface area contributed by atoms with E-state index in [9.17, 15) is 0 Å². The van der Waals surface area contributed by atoms with Gasteiger partial charge in [-0.2, -0.15) is 0 Å². The number of morpholine rings is 1. The molecule has 0 saturated carbocycles. The van der Waals surface area contributed by atoms with Gasteiger partial charge in [-0.25, -0.2) is 0 Å². The molecule has 1 saturated heterocycles. The summed E-state index contributed by atoms with van der Waals surface area (Å²) in [7, 11) is 0. The van der Waals surface area contributed by atoms with Gasteiger partial charge in [0.1, 0.15) is 25.7 Å². The molecule has 0 radical (unpaired) electrons. The van der Waals surface area contributed by atoms with Crippen molar-refractivity contribution in [1.82, 2.24) is 5.32 Å². The van der Waals surface area contributed by atoms with Crippen LogP contribution in [0.15, 0.2) is 48.5 Å². The molecular formula is C21H28N3OS+. The summed E-state index contributed by atoms with van der Waals surface area (Å²) in [5, 5.41) is 7.23. The van der Waals surface area contributed by atoms with Crippen LogP contribution in [0.2, 0.25) is 0 Å². The van der Waals surface area contributed by atoms with E-state index in [1.54, 1.807) is 4.90 Å². The van der Waals surface area contributed by atoms with Gasteiger partial charge in [0, 0.05) is 17.8 Å². The lowest BCUT2D eigenvalue weighted by molar-refractivity contribution is -0.925. The number of rotatable bonds is 5. The topological polar surface area (TPSA) is 37.7 Å². The molecular weight excluding hydrogens is 342 g/mol. The lowest BCUT2D eigenvalue weighted by atomic mass is 10.1. The maximum Gasteiger partial charge on any atom is 0.170 e. The lowest BCUT2D eigenvalue weighted by Crippen LogP contribution is -3.13. The Hall–Kier alpha value is -1.95. The first kappa shape index (κ1) is 18.8. The van der Waals surface area contributed by atoms with E-state index in [1.165, 1.54) is 16.7 Å². The third kappa shape index (κ3) is 5.80. The Morgan fingerprint density at radius 1 is 1.15 bits per heavy atom. The van der Waals surface area contributed by atoms with Crippen molar-refractivity contribution in [3.05, 3.63) is 65.2 Å². The van der Waals surface area contributed by atoms with Gasteiger partial charge in [0.25, 0.3) is 0 Å². The normalized spacial score (nSPS) is 19.8. The van der Waals surface area contributed by atoms with Gasteiger partial charge >= 0.3 is 0 Å². The van der Waals surface area contributed by atoms with Crippen LogP contribution >= 0.6 is 12.2 Å². The average molecular weight is 371 g/mol. The van der Waals surface area contributed by atoms with Gasteiger partial charge in [0.05, 0.1) is 6.61 Å². The number of hydrogen-bond acceptors (Lipinski definition) is 2. The molecule has 0 spiro atoms. The quantitative estimate of drug-likeness (QED) is 0.705. The van der Waals surface area contributed by atoms with Gasteiger partial charge < -0.3 is 20.3 Å². The van der Waals surface area contributed by atoms with Crippen LogP contribution in [0, 0.1) is 13.8 Å². The van der Waals surface area contributed by atoms with Gasteiger partial charge in [-0.15, -0.1) is 0 Å². The molecule has 1 aliphatic rings. The molecule has 1 aliphatic heterocycles. The van der Waals surface area contributed by atoms with Gasteiger partial charge in [0.2, 0.25) is 0 Å². The van der Waals surface area contributed by atoms with Crippen molar-refractivity contribution >= 4 is 23.0 Å². The number of benzene rings is 2. The predicted molar refractivity (Wildman–Crippen MR) is 111 cm³/mol. The predicted octanol–water partition coefficient (Wildman–Crippen LogP) is 2.07. The monoisotopic (exact) mass is 370 g/mol. The third-order valence-corrected chi connectivity index (χ3v) is 4.84. The number of hydrogen-bond donors (Lipinski definition) is 3. The number of nitrogens with one attached hydrogen (secondary N) is 3. The molecule has 26 heavy (non-hydrogen) atoms. The van der Waals surface area contributed by atoms with E-state index in [2.05, 4.69) is 73.0 Å². The second-order valence-electron chi connectivity index (χ2n) is 7.07. The highest BCUT2D eigenvalue weighted by atomic mass is 32.1. The van der Waals surface area contributed by atoms with E-state index in [4.69, 9.17) is 17.0 Å². The maximum atomic E-state index is 5.91. The zero-order valence-corrected chi connectivity index (χ0v) is 16.4. The van der Waals surface area contributed by atoms with Crippen molar-refractivity contribution in [2.75, 3.05) is 31.6 Å². The number of thiocarbonyl (C=S) groups is 1. The number of ether oxygens (including phenoxy) is 1.